The molecule has 0 heterocycles. The fourth-order valence-electron chi connectivity index (χ4n) is 1.28. The van der Waals surface area contributed by atoms with E-state index in [-0.39, 0.29) is 5.41 Å². The highest BCUT2D eigenvalue weighted by Crippen LogP contribution is 2.20. The summed E-state index contributed by atoms with van der Waals surface area (Å²) < 4.78 is 5.66. The monoisotopic (exact) mass is 215 g/mol. The van der Waals surface area contributed by atoms with E-state index >= 15 is 0 Å². The number of rotatable bonds is 8. The molecule has 1 N–H and O–H groups in total. The van der Waals surface area contributed by atoms with E-state index in [1.54, 1.807) is 0 Å². The van der Waals surface area contributed by atoms with Crippen molar-refractivity contribution in [3.05, 3.63) is 0 Å². The second-order valence-electron chi connectivity index (χ2n) is 5.87. The van der Waals surface area contributed by atoms with Crippen molar-refractivity contribution in [3.63, 3.8) is 0 Å². The normalized spacial score (nSPS) is 12.8. The van der Waals surface area contributed by atoms with Crippen molar-refractivity contribution in [2.24, 2.45) is 11.3 Å². The molecule has 0 aromatic heterocycles. The average Bonchev–Trinajstić information content (AvgIpc) is 2.09. The van der Waals surface area contributed by atoms with Crippen molar-refractivity contribution in [1.82, 2.24) is 5.32 Å². The third-order valence-electron chi connectivity index (χ3n) is 2.34. The van der Waals surface area contributed by atoms with E-state index in [4.69, 9.17) is 4.74 Å². The van der Waals surface area contributed by atoms with Crippen LogP contribution in [0.2, 0.25) is 0 Å². The molecule has 0 unspecified atom stereocenters. The smallest absolute Gasteiger partial charge is 0.0521 e. The van der Waals surface area contributed by atoms with Crippen molar-refractivity contribution >= 4 is 0 Å². The average molecular weight is 215 g/mol. The Morgan fingerprint density at radius 3 is 2.20 bits per heavy atom. The second kappa shape index (κ2) is 7.24. The van der Waals surface area contributed by atoms with Gasteiger partial charge in [0.25, 0.3) is 0 Å². The van der Waals surface area contributed by atoms with Gasteiger partial charge >= 0.3 is 0 Å². The van der Waals surface area contributed by atoms with Gasteiger partial charge in [-0.15, -0.1) is 0 Å². The Balaban J connectivity index is 3.55. The molecule has 15 heavy (non-hydrogen) atoms. The molecule has 0 aliphatic carbocycles. The zero-order chi connectivity index (χ0) is 11.9. The summed E-state index contributed by atoms with van der Waals surface area (Å²) in [6.07, 6.45) is 1.51. The van der Waals surface area contributed by atoms with Gasteiger partial charge in [0, 0.05) is 0 Å². The van der Waals surface area contributed by atoms with Crippen LogP contribution in [-0.2, 0) is 4.74 Å². The van der Waals surface area contributed by atoms with Crippen molar-refractivity contribution in [3.8, 4) is 0 Å². The van der Waals surface area contributed by atoms with Crippen LogP contribution in [0.15, 0.2) is 0 Å². The molecule has 0 saturated carbocycles. The van der Waals surface area contributed by atoms with Gasteiger partial charge < -0.3 is 10.1 Å². The Labute approximate surface area is 95.8 Å². The Morgan fingerprint density at radius 1 is 1.13 bits per heavy atom. The fourth-order valence-corrected chi connectivity index (χ4v) is 1.28. The first-order chi connectivity index (χ1) is 6.83. The van der Waals surface area contributed by atoms with E-state index in [0.29, 0.717) is 6.10 Å². The Morgan fingerprint density at radius 2 is 1.73 bits per heavy atom. The third kappa shape index (κ3) is 10.2. The van der Waals surface area contributed by atoms with Crippen LogP contribution in [0.5, 0.6) is 0 Å². The summed E-state index contributed by atoms with van der Waals surface area (Å²) in [4.78, 5) is 0. The topological polar surface area (TPSA) is 21.3 Å². The number of hydrogen-bond acceptors (Lipinski definition) is 2. The maximum atomic E-state index is 5.66. The molecule has 2 nitrogen and oxygen atoms in total. The van der Waals surface area contributed by atoms with E-state index in [2.05, 4.69) is 46.9 Å². The zero-order valence-corrected chi connectivity index (χ0v) is 11.4. The van der Waals surface area contributed by atoms with E-state index in [0.717, 1.165) is 25.6 Å². The summed E-state index contributed by atoms with van der Waals surface area (Å²) in [5.41, 5.74) is 0.286. The maximum Gasteiger partial charge on any atom is 0.0521 e. The first-order valence-electron chi connectivity index (χ1n) is 6.16. The summed E-state index contributed by atoms with van der Waals surface area (Å²) >= 11 is 0. The zero-order valence-electron chi connectivity index (χ0n) is 11.4. The van der Waals surface area contributed by atoms with Crippen LogP contribution in [0.25, 0.3) is 0 Å². The molecule has 2 heteroatoms. The molecule has 0 aromatic rings. The molecule has 0 fully saturated rings. The van der Waals surface area contributed by atoms with Gasteiger partial charge in [-0.25, -0.2) is 0 Å². The molecular weight excluding hydrogens is 186 g/mol. The second-order valence-corrected chi connectivity index (χ2v) is 5.87. The number of nitrogens with one attached hydrogen (secondary N) is 1. The first-order valence-corrected chi connectivity index (χ1v) is 6.16. The highest BCUT2D eigenvalue weighted by molar-refractivity contribution is 4.69. The van der Waals surface area contributed by atoms with Crippen molar-refractivity contribution in [2.45, 2.75) is 54.1 Å². The van der Waals surface area contributed by atoms with Gasteiger partial charge in [0.15, 0.2) is 0 Å². The van der Waals surface area contributed by atoms with Gasteiger partial charge in [0.1, 0.15) is 0 Å². The van der Waals surface area contributed by atoms with E-state index < -0.39 is 0 Å². The van der Waals surface area contributed by atoms with Gasteiger partial charge in [-0.1, -0.05) is 27.7 Å². The molecule has 0 bridgehead atoms. The van der Waals surface area contributed by atoms with Crippen LogP contribution in [0.1, 0.15) is 48.0 Å². The number of hydrogen-bond donors (Lipinski definition) is 1. The molecule has 92 valence electrons. The predicted octanol–water partition coefficient (Wildman–Crippen LogP) is 3.07. The molecule has 0 atom stereocenters. The lowest BCUT2D eigenvalue weighted by Gasteiger charge is -2.26. The summed E-state index contributed by atoms with van der Waals surface area (Å²) in [7, 11) is 0. The van der Waals surface area contributed by atoms with Crippen LogP contribution in [0, 0.1) is 11.3 Å². The molecule has 0 rings (SSSR count). The minimum absolute atomic E-state index is 0.286. The van der Waals surface area contributed by atoms with Gasteiger partial charge in [-0.3, -0.25) is 0 Å². The summed E-state index contributed by atoms with van der Waals surface area (Å²) in [5, 5.41) is 3.47. The van der Waals surface area contributed by atoms with E-state index in [9.17, 15) is 0 Å². The third-order valence-corrected chi connectivity index (χ3v) is 2.34. The molecular formula is C13H29NO. The predicted molar refractivity (Wildman–Crippen MR) is 67.2 cm³/mol. The SMILES string of the molecule is CC(C)CNCCC(C)(C)COC(C)C. The molecule has 0 saturated heterocycles. The quantitative estimate of drug-likeness (QED) is 0.628. The van der Waals surface area contributed by atoms with Crippen LogP contribution in [0.3, 0.4) is 0 Å². The van der Waals surface area contributed by atoms with Gasteiger partial charge in [-0.05, 0) is 44.7 Å². The summed E-state index contributed by atoms with van der Waals surface area (Å²) in [5.74, 6) is 0.736. The fraction of sp³-hybridized carbons (Fsp3) is 1.00. The highest BCUT2D eigenvalue weighted by Gasteiger charge is 2.18. The summed E-state index contributed by atoms with van der Waals surface area (Å²) in [6.45, 7) is 16.3. The van der Waals surface area contributed by atoms with Crippen LogP contribution >= 0.6 is 0 Å². The van der Waals surface area contributed by atoms with Crippen molar-refractivity contribution in [2.75, 3.05) is 19.7 Å². The summed E-state index contributed by atoms with van der Waals surface area (Å²) in [6, 6.07) is 0. The largest absolute Gasteiger partial charge is 0.378 e. The Bertz CT molecular complexity index is 153. The standard InChI is InChI=1S/C13H29NO/c1-11(2)9-14-8-7-13(5,6)10-15-12(3)4/h11-12,14H,7-10H2,1-6H3. The molecule has 0 aliphatic rings. The lowest BCUT2D eigenvalue weighted by molar-refractivity contribution is 0.0183. The van der Waals surface area contributed by atoms with Crippen LogP contribution < -0.4 is 5.32 Å². The lowest BCUT2D eigenvalue weighted by atomic mass is 9.90. The molecule has 0 radical (unpaired) electrons. The van der Waals surface area contributed by atoms with Crippen LogP contribution in [0.4, 0.5) is 0 Å². The first kappa shape index (κ1) is 14.9. The van der Waals surface area contributed by atoms with E-state index in [1.807, 2.05) is 0 Å². The molecule has 0 amide bonds. The van der Waals surface area contributed by atoms with Crippen molar-refractivity contribution in [1.29, 1.82) is 0 Å². The molecule has 0 spiro atoms. The lowest BCUT2D eigenvalue weighted by Crippen LogP contribution is -2.29. The maximum absolute atomic E-state index is 5.66. The Hall–Kier alpha value is -0.0800. The van der Waals surface area contributed by atoms with Crippen molar-refractivity contribution < 1.29 is 4.74 Å². The van der Waals surface area contributed by atoms with Gasteiger partial charge in [0.05, 0.1) is 12.7 Å². The minimum Gasteiger partial charge on any atom is -0.378 e. The van der Waals surface area contributed by atoms with Gasteiger partial charge in [0.2, 0.25) is 0 Å². The van der Waals surface area contributed by atoms with Gasteiger partial charge in [-0.2, -0.15) is 0 Å². The Kier molecular flexibility index (Phi) is 7.20. The number of ether oxygens (including phenoxy) is 1. The molecule has 0 aliphatic heterocycles. The molecule has 0 aromatic carbocycles. The van der Waals surface area contributed by atoms with Crippen LogP contribution in [-0.4, -0.2) is 25.8 Å². The van der Waals surface area contributed by atoms with E-state index in [1.165, 1.54) is 6.42 Å². The highest BCUT2D eigenvalue weighted by atomic mass is 16.5. The minimum atomic E-state index is 0.286.